The lowest BCUT2D eigenvalue weighted by atomic mass is 9.85. The number of aromatic nitrogens is 2. The van der Waals surface area contributed by atoms with Crippen molar-refractivity contribution >= 4 is 11.9 Å². The summed E-state index contributed by atoms with van der Waals surface area (Å²) < 4.78 is 25.2. The van der Waals surface area contributed by atoms with Crippen LogP contribution in [0.5, 0.6) is 23.5 Å². The lowest BCUT2D eigenvalue weighted by molar-refractivity contribution is -0.178. The van der Waals surface area contributed by atoms with Crippen LogP contribution in [0.25, 0.3) is 0 Å². The maximum atomic E-state index is 12.3. The van der Waals surface area contributed by atoms with Crippen LogP contribution in [0.1, 0.15) is 150 Å². The van der Waals surface area contributed by atoms with E-state index in [4.69, 9.17) is 18.9 Å². The Morgan fingerprint density at radius 2 is 1.08 bits per heavy atom. The van der Waals surface area contributed by atoms with E-state index < -0.39 is 12.6 Å². The molecule has 4 N–H and O–H groups in total. The summed E-state index contributed by atoms with van der Waals surface area (Å²) in [6.07, 6.45) is 16.1. The summed E-state index contributed by atoms with van der Waals surface area (Å²) in [6.45, 7) is 7.36. The van der Waals surface area contributed by atoms with Gasteiger partial charge in [0.25, 0.3) is 0 Å². The highest BCUT2D eigenvalue weighted by Crippen LogP contribution is 2.57. The monoisotopic (exact) mass is 738 g/mol. The Bertz CT molecular complexity index is 1620. The number of carbonyl (C=O) groups excluding carboxylic acids is 2. The number of unbranched alkanes of at least 4 members (excludes halogenated alkanes) is 5. The maximum Gasteiger partial charge on any atom is 0.308 e. The molecule has 53 heavy (non-hydrogen) atoms. The summed E-state index contributed by atoms with van der Waals surface area (Å²) in [7, 11) is 0. The third-order valence-corrected chi connectivity index (χ3v) is 11.4. The van der Waals surface area contributed by atoms with Crippen LogP contribution in [-0.2, 0) is 41.6 Å². The summed E-state index contributed by atoms with van der Waals surface area (Å²) in [6, 6.07) is 0. The molecule has 0 amide bonds. The van der Waals surface area contributed by atoms with Crippen molar-refractivity contribution in [3.8, 4) is 23.5 Å². The van der Waals surface area contributed by atoms with Gasteiger partial charge in [-0.25, -0.2) is 0 Å². The number of hydrogen-bond acceptors (Lipinski definition) is 10. The summed E-state index contributed by atoms with van der Waals surface area (Å²) in [4.78, 5) is 24.6. The number of aromatic hydroxyl groups is 4. The molecule has 292 valence electrons. The molecule has 6 rings (SSSR count). The minimum atomic E-state index is -0.660. The number of nitrogens with zero attached hydrogens (tertiary/aromatic N) is 2. The molecule has 12 nitrogen and oxygen atoms in total. The van der Waals surface area contributed by atoms with Gasteiger partial charge in [-0.1, -0.05) is 44.1 Å². The van der Waals surface area contributed by atoms with Crippen LogP contribution in [0.3, 0.4) is 0 Å². The summed E-state index contributed by atoms with van der Waals surface area (Å²) in [5.41, 5.74) is 3.56. The number of rotatable bonds is 23. The summed E-state index contributed by atoms with van der Waals surface area (Å²) in [5.74, 6) is 1.50. The highest BCUT2D eigenvalue weighted by atomic mass is 16.7. The zero-order valence-electron chi connectivity index (χ0n) is 31.5. The highest BCUT2D eigenvalue weighted by Gasteiger charge is 2.43. The SMILES string of the molecule is CC(OCCCCOC(C)OC(=O)CCCCCn1c(O)c(C2C=CC2)c(C2CC2C)c1O)OC(=O)CCCCCn1c(O)c2c(c1O)C1C=CC2C1. The van der Waals surface area contributed by atoms with Gasteiger partial charge in [-0.2, -0.15) is 0 Å². The third kappa shape index (κ3) is 9.08. The molecular formula is C41H58N2O10. The molecule has 7 atom stereocenters. The molecule has 2 heterocycles. The highest BCUT2D eigenvalue weighted by molar-refractivity contribution is 5.69. The minimum Gasteiger partial charge on any atom is -0.494 e. The van der Waals surface area contributed by atoms with E-state index in [1.165, 1.54) is 0 Å². The molecule has 1 saturated carbocycles. The Morgan fingerprint density at radius 1 is 0.642 bits per heavy atom. The van der Waals surface area contributed by atoms with E-state index in [9.17, 15) is 30.0 Å². The fourth-order valence-corrected chi connectivity index (χ4v) is 8.18. The molecular weight excluding hydrogens is 680 g/mol. The zero-order valence-corrected chi connectivity index (χ0v) is 31.5. The Morgan fingerprint density at radius 3 is 1.49 bits per heavy atom. The first-order chi connectivity index (χ1) is 25.5. The van der Waals surface area contributed by atoms with E-state index in [2.05, 4.69) is 31.2 Å². The van der Waals surface area contributed by atoms with Crippen molar-refractivity contribution in [1.82, 2.24) is 9.13 Å². The second-order valence-corrected chi connectivity index (χ2v) is 15.4. The van der Waals surface area contributed by atoms with Gasteiger partial charge in [0.2, 0.25) is 0 Å². The van der Waals surface area contributed by atoms with E-state index in [0.717, 1.165) is 67.2 Å². The van der Waals surface area contributed by atoms with E-state index in [-0.39, 0.29) is 66.1 Å². The molecule has 0 aliphatic heterocycles. The fraction of sp³-hybridized carbons (Fsp3) is 0.659. The maximum absolute atomic E-state index is 12.3. The van der Waals surface area contributed by atoms with Crippen molar-refractivity contribution in [3.05, 3.63) is 46.6 Å². The van der Waals surface area contributed by atoms with Crippen LogP contribution in [0.2, 0.25) is 0 Å². The molecule has 4 aliphatic carbocycles. The predicted molar refractivity (Wildman–Crippen MR) is 197 cm³/mol. The van der Waals surface area contributed by atoms with Gasteiger partial charge in [0.15, 0.2) is 36.1 Å². The Labute approximate surface area is 312 Å². The molecule has 0 spiro atoms. The number of ether oxygens (including phenoxy) is 4. The molecule has 4 aliphatic rings. The second kappa shape index (κ2) is 17.5. The molecule has 12 heteroatoms. The predicted octanol–water partition coefficient (Wildman–Crippen LogP) is 7.83. The van der Waals surface area contributed by atoms with Crippen molar-refractivity contribution in [1.29, 1.82) is 0 Å². The van der Waals surface area contributed by atoms with Gasteiger partial charge in [-0.05, 0) is 83.5 Å². The average molecular weight is 739 g/mol. The molecule has 2 aromatic heterocycles. The van der Waals surface area contributed by atoms with Crippen molar-refractivity contribution in [2.75, 3.05) is 13.2 Å². The van der Waals surface area contributed by atoms with E-state index >= 15 is 0 Å². The first-order valence-corrected chi connectivity index (χ1v) is 19.8. The Kier molecular flexibility index (Phi) is 12.8. The first kappa shape index (κ1) is 38.8. The van der Waals surface area contributed by atoms with Crippen LogP contribution in [0, 0.1) is 5.92 Å². The first-order valence-electron chi connectivity index (χ1n) is 19.8. The van der Waals surface area contributed by atoms with Gasteiger partial charge in [-0.15, -0.1) is 0 Å². The Hall–Kier alpha value is -3.90. The van der Waals surface area contributed by atoms with E-state index in [1.54, 1.807) is 23.0 Å². The molecule has 0 saturated heterocycles. The van der Waals surface area contributed by atoms with Crippen LogP contribution < -0.4 is 0 Å². The number of esters is 2. The number of carbonyl (C=O) groups is 2. The standard InChI is InChI=1S/C41H58N2O10/c1-25-23-31(25)37-34(28-13-12-14-28)38(46)43(41(37)49)20-9-5-7-16-33(45)53-27(3)51-22-11-10-21-50-26(2)52-32(44)15-6-4-8-19-42-39(47)35-29-17-18-30(24-29)36(35)40(42)48/h12-13,17-18,25-31,46-49H,4-11,14-16,19-24H2,1-3H3. The van der Waals surface area contributed by atoms with Gasteiger partial charge < -0.3 is 39.4 Å². The molecule has 1 fully saturated rings. The van der Waals surface area contributed by atoms with Crippen molar-refractivity contribution in [2.45, 2.75) is 154 Å². The average Bonchev–Trinajstić information content (AvgIpc) is 3.37. The zero-order chi connectivity index (χ0) is 37.6. The lowest BCUT2D eigenvalue weighted by Gasteiger charge is -2.19. The quantitative estimate of drug-likeness (QED) is 0.0383. The molecule has 0 aromatic carbocycles. The normalized spacial score (nSPS) is 23.2. The van der Waals surface area contributed by atoms with Gasteiger partial charge in [0.05, 0.1) is 13.2 Å². The van der Waals surface area contributed by atoms with Gasteiger partial charge in [0, 0.05) is 65.9 Å². The van der Waals surface area contributed by atoms with Crippen LogP contribution >= 0.6 is 0 Å². The third-order valence-electron chi connectivity index (χ3n) is 11.4. The van der Waals surface area contributed by atoms with Gasteiger partial charge in [-0.3, -0.25) is 18.7 Å². The lowest BCUT2D eigenvalue weighted by Crippen LogP contribution is -2.20. The molecule has 2 aromatic rings. The number of hydrogen-bond donors (Lipinski definition) is 4. The van der Waals surface area contributed by atoms with Crippen LogP contribution in [-0.4, -0.2) is 67.3 Å². The van der Waals surface area contributed by atoms with E-state index in [1.807, 2.05) is 0 Å². The van der Waals surface area contributed by atoms with Gasteiger partial charge >= 0.3 is 11.9 Å². The van der Waals surface area contributed by atoms with Gasteiger partial charge in [0.1, 0.15) is 0 Å². The van der Waals surface area contributed by atoms with Crippen molar-refractivity contribution < 1.29 is 49.0 Å². The number of allylic oxidation sites excluding steroid dienone is 4. The molecule has 7 unspecified atom stereocenters. The fourth-order valence-electron chi connectivity index (χ4n) is 8.18. The van der Waals surface area contributed by atoms with Crippen LogP contribution in [0.4, 0.5) is 0 Å². The second-order valence-electron chi connectivity index (χ2n) is 15.4. The molecule has 2 bridgehead atoms. The van der Waals surface area contributed by atoms with Crippen molar-refractivity contribution in [2.24, 2.45) is 5.92 Å². The van der Waals surface area contributed by atoms with Crippen molar-refractivity contribution in [3.63, 3.8) is 0 Å². The largest absolute Gasteiger partial charge is 0.494 e. The number of fused-ring (bicyclic) bond motifs is 5. The topological polar surface area (TPSA) is 162 Å². The summed E-state index contributed by atoms with van der Waals surface area (Å²) in [5, 5.41) is 43.2. The molecule has 0 radical (unpaired) electrons. The summed E-state index contributed by atoms with van der Waals surface area (Å²) >= 11 is 0. The smallest absolute Gasteiger partial charge is 0.308 e. The van der Waals surface area contributed by atoms with E-state index in [0.29, 0.717) is 63.8 Å². The Balaban J connectivity index is 0.751. The minimum absolute atomic E-state index is 0.171. The van der Waals surface area contributed by atoms with Crippen LogP contribution in [0.15, 0.2) is 24.3 Å².